The minimum atomic E-state index is -0.398. The Morgan fingerprint density at radius 3 is 3.06 bits per heavy atom. The van der Waals surface area contributed by atoms with Gasteiger partial charge in [0.1, 0.15) is 5.01 Å². The lowest BCUT2D eigenvalue weighted by Gasteiger charge is -2.33. The summed E-state index contributed by atoms with van der Waals surface area (Å²) in [6.07, 6.45) is 3.19. The molecule has 1 aliphatic heterocycles. The molecule has 1 unspecified atom stereocenters. The fourth-order valence-corrected chi connectivity index (χ4v) is 2.80. The minimum absolute atomic E-state index is 0.0880. The predicted molar refractivity (Wildman–Crippen MR) is 69.0 cm³/mol. The van der Waals surface area contributed by atoms with Crippen molar-refractivity contribution in [1.82, 2.24) is 15.6 Å². The molecule has 5 heteroatoms. The number of hydrogen-bond acceptors (Lipinski definition) is 4. The van der Waals surface area contributed by atoms with Gasteiger partial charge >= 0.3 is 0 Å². The smallest absolute Gasteiger partial charge is 0.240 e. The van der Waals surface area contributed by atoms with Gasteiger partial charge in [-0.05, 0) is 39.7 Å². The number of amides is 1. The van der Waals surface area contributed by atoms with Crippen molar-refractivity contribution in [2.45, 2.75) is 45.2 Å². The van der Waals surface area contributed by atoms with Crippen molar-refractivity contribution in [1.29, 1.82) is 0 Å². The van der Waals surface area contributed by atoms with Gasteiger partial charge in [-0.2, -0.15) is 0 Å². The molecule has 1 aromatic heterocycles. The third-order valence-corrected chi connectivity index (χ3v) is 4.15. The van der Waals surface area contributed by atoms with Crippen LogP contribution in [0.25, 0.3) is 0 Å². The minimum Gasteiger partial charge on any atom is -0.348 e. The Bertz CT molecular complexity index is 396. The third-order valence-electron chi connectivity index (χ3n) is 3.19. The zero-order chi connectivity index (χ0) is 12.3. The highest BCUT2D eigenvalue weighted by Gasteiger charge is 2.33. The SMILES string of the molecule is Cc1csc(CNC(=O)C2(C)CCCCN2)n1. The van der Waals surface area contributed by atoms with Crippen molar-refractivity contribution in [2.24, 2.45) is 0 Å². The third kappa shape index (κ3) is 3.04. The van der Waals surface area contributed by atoms with E-state index in [1.807, 2.05) is 19.2 Å². The van der Waals surface area contributed by atoms with E-state index in [9.17, 15) is 4.79 Å². The maximum atomic E-state index is 12.1. The van der Waals surface area contributed by atoms with Crippen LogP contribution in [0.2, 0.25) is 0 Å². The number of hydrogen-bond donors (Lipinski definition) is 2. The van der Waals surface area contributed by atoms with Gasteiger partial charge in [0, 0.05) is 11.1 Å². The van der Waals surface area contributed by atoms with Crippen molar-refractivity contribution in [3.8, 4) is 0 Å². The van der Waals surface area contributed by atoms with E-state index in [2.05, 4.69) is 15.6 Å². The number of piperidine rings is 1. The summed E-state index contributed by atoms with van der Waals surface area (Å²) in [4.78, 5) is 16.4. The van der Waals surface area contributed by atoms with Crippen LogP contribution in [0.1, 0.15) is 36.9 Å². The lowest BCUT2D eigenvalue weighted by Crippen LogP contribution is -2.56. The van der Waals surface area contributed by atoms with E-state index in [-0.39, 0.29) is 5.91 Å². The quantitative estimate of drug-likeness (QED) is 0.860. The molecule has 0 bridgehead atoms. The standard InChI is InChI=1S/C12H19N3OS/c1-9-8-17-10(15-9)7-13-11(16)12(2)5-3-4-6-14-12/h8,14H,3-7H2,1-2H3,(H,13,16). The van der Waals surface area contributed by atoms with Gasteiger partial charge in [0.15, 0.2) is 0 Å². The van der Waals surface area contributed by atoms with Crippen LogP contribution in [0.4, 0.5) is 0 Å². The number of thiazole rings is 1. The fraction of sp³-hybridized carbons (Fsp3) is 0.667. The highest BCUT2D eigenvalue weighted by Crippen LogP contribution is 2.19. The van der Waals surface area contributed by atoms with Crippen molar-refractivity contribution in [2.75, 3.05) is 6.54 Å². The number of carbonyl (C=O) groups excluding carboxylic acids is 1. The van der Waals surface area contributed by atoms with Crippen LogP contribution in [0.15, 0.2) is 5.38 Å². The van der Waals surface area contributed by atoms with E-state index < -0.39 is 5.54 Å². The van der Waals surface area contributed by atoms with Crippen molar-refractivity contribution >= 4 is 17.2 Å². The summed E-state index contributed by atoms with van der Waals surface area (Å²) < 4.78 is 0. The number of nitrogens with zero attached hydrogens (tertiary/aromatic N) is 1. The summed E-state index contributed by atoms with van der Waals surface area (Å²) in [5.74, 6) is 0.0880. The molecule has 0 radical (unpaired) electrons. The first-order valence-electron chi connectivity index (χ1n) is 6.04. The molecule has 0 aromatic carbocycles. The predicted octanol–water partition coefficient (Wildman–Crippen LogP) is 1.60. The van der Waals surface area contributed by atoms with E-state index in [4.69, 9.17) is 0 Å². The first-order valence-corrected chi connectivity index (χ1v) is 6.92. The first kappa shape index (κ1) is 12.5. The molecule has 1 aliphatic rings. The molecule has 1 fully saturated rings. The average molecular weight is 253 g/mol. The van der Waals surface area contributed by atoms with Crippen molar-refractivity contribution < 1.29 is 4.79 Å². The zero-order valence-corrected chi connectivity index (χ0v) is 11.2. The Kier molecular flexibility index (Phi) is 3.79. The van der Waals surface area contributed by atoms with Crippen LogP contribution in [-0.2, 0) is 11.3 Å². The Balaban J connectivity index is 1.88. The molecule has 17 heavy (non-hydrogen) atoms. The van der Waals surface area contributed by atoms with Gasteiger partial charge in [-0.25, -0.2) is 4.98 Å². The number of carbonyl (C=O) groups is 1. The molecule has 0 spiro atoms. The van der Waals surface area contributed by atoms with Crippen LogP contribution in [0.3, 0.4) is 0 Å². The molecule has 0 aliphatic carbocycles. The van der Waals surface area contributed by atoms with E-state index in [0.717, 1.165) is 36.5 Å². The van der Waals surface area contributed by atoms with Crippen molar-refractivity contribution in [3.63, 3.8) is 0 Å². The van der Waals surface area contributed by atoms with Gasteiger partial charge in [-0.1, -0.05) is 0 Å². The van der Waals surface area contributed by atoms with Gasteiger partial charge in [0.2, 0.25) is 5.91 Å². The second kappa shape index (κ2) is 5.14. The molecule has 4 nitrogen and oxygen atoms in total. The van der Waals surface area contributed by atoms with Crippen LogP contribution >= 0.6 is 11.3 Å². The average Bonchev–Trinajstić information content (AvgIpc) is 2.73. The molecule has 1 amide bonds. The number of nitrogens with one attached hydrogen (secondary N) is 2. The second-order valence-electron chi connectivity index (χ2n) is 4.78. The Hall–Kier alpha value is -0.940. The van der Waals surface area contributed by atoms with E-state index in [0.29, 0.717) is 6.54 Å². The molecule has 2 N–H and O–H groups in total. The Morgan fingerprint density at radius 2 is 2.47 bits per heavy atom. The van der Waals surface area contributed by atoms with Crippen LogP contribution in [0, 0.1) is 6.92 Å². The van der Waals surface area contributed by atoms with Crippen LogP contribution < -0.4 is 10.6 Å². The van der Waals surface area contributed by atoms with E-state index in [1.165, 1.54) is 0 Å². The van der Waals surface area contributed by atoms with Gasteiger partial charge in [-0.3, -0.25) is 4.79 Å². The topological polar surface area (TPSA) is 54.0 Å². The van der Waals surface area contributed by atoms with Gasteiger partial charge in [-0.15, -0.1) is 11.3 Å². The number of aromatic nitrogens is 1. The molecule has 1 atom stereocenters. The molecular weight excluding hydrogens is 234 g/mol. The summed E-state index contributed by atoms with van der Waals surface area (Å²) in [5.41, 5.74) is 0.617. The van der Waals surface area contributed by atoms with Crippen molar-refractivity contribution in [3.05, 3.63) is 16.1 Å². The van der Waals surface area contributed by atoms with Gasteiger partial charge in [0.05, 0.1) is 12.1 Å². The monoisotopic (exact) mass is 253 g/mol. The number of rotatable bonds is 3. The summed E-state index contributed by atoms with van der Waals surface area (Å²) in [6, 6.07) is 0. The van der Waals surface area contributed by atoms with Crippen LogP contribution in [-0.4, -0.2) is 23.0 Å². The lowest BCUT2D eigenvalue weighted by atomic mass is 9.90. The van der Waals surface area contributed by atoms with E-state index in [1.54, 1.807) is 11.3 Å². The Morgan fingerprint density at radius 1 is 1.65 bits per heavy atom. The summed E-state index contributed by atoms with van der Waals surface area (Å²) in [7, 11) is 0. The highest BCUT2D eigenvalue weighted by molar-refractivity contribution is 7.09. The molecule has 2 heterocycles. The van der Waals surface area contributed by atoms with E-state index >= 15 is 0 Å². The molecule has 94 valence electrons. The molecular formula is C12H19N3OS. The number of aryl methyl sites for hydroxylation is 1. The Labute approximate surface area is 106 Å². The zero-order valence-electron chi connectivity index (χ0n) is 10.4. The first-order chi connectivity index (χ1) is 8.10. The molecule has 1 aromatic rings. The maximum absolute atomic E-state index is 12.1. The van der Waals surface area contributed by atoms with Gasteiger partial charge < -0.3 is 10.6 Å². The summed E-state index contributed by atoms with van der Waals surface area (Å²) >= 11 is 1.59. The summed E-state index contributed by atoms with van der Waals surface area (Å²) in [5, 5.41) is 9.25. The second-order valence-corrected chi connectivity index (χ2v) is 5.72. The largest absolute Gasteiger partial charge is 0.348 e. The molecule has 1 saturated heterocycles. The maximum Gasteiger partial charge on any atom is 0.240 e. The molecule has 0 saturated carbocycles. The summed E-state index contributed by atoms with van der Waals surface area (Å²) in [6.45, 7) is 5.41. The van der Waals surface area contributed by atoms with Gasteiger partial charge in [0.25, 0.3) is 0 Å². The highest BCUT2D eigenvalue weighted by atomic mass is 32.1. The lowest BCUT2D eigenvalue weighted by molar-refractivity contribution is -0.128. The molecule has 2 rings (SSSR count). The fourth-order valence-electron chi connectivity index (χ4n) is 2.08. The normalized spacial score (nSPS) is 24.6. The van der Waals surface area contributed by atoms with Crippen LogP contribution in [0.5, 0.6) is 0 Å².